The fourth-order valence-electron chi connectivity index (χ4n) is 2.14. The van der Waals surface area contributed by atoms with Crippen LogP contribution in [0.4, 0.5) is 0 Å². The van der Waals surface area contributed by atoms with Crippen LogP contribution in [-0.4, -0.2) is 29.5 Å². The molecule has 2 rings (SSSR count). The number of carbonyl (C=O) groups is 1. The second-order valence-corrected chi connectivity index (χ2v) is 5.21. The molecule has 4 heteroatoms. The van der Waals surface area contributed by atoms with Crippen molar-refractivity contribution in [3.05, 3.63) is 33.8 Å². The quantitative estimate of drug-likeness (QED) is 0.854. The van der Waals surface area contributed by atoms with Gasteiger partial charge < -0.3 is 10.0 Å². The molecule has 0 unspecified atom stereocenters. The molecule has 1 aliphatic rings. The average Bonchev–Trinajstić information content (AvgIpc) is 2.51. The van der Waals surface area contributed by atoms with Crippen LogP contribution in [0.1, 0.15) is 17.5 Å². The summed E-state index contributed by atoms with van der Waals surface area (Å²) in [6, 6.07) is 5.64. The fourth-order valence-corrected chi connectivity index (χ4v) is 2.50. The number of aliphatic hydroxyl groups is 1. The molecule has 1 fully saturated rings. The van der Waals surface area contributed by atoms with E-state index in [2.05, 4.69) is 15.9 Å². The van der Waals surface area contributed by atoms with Gasteiger partial charge in [0.1, 0.15) is 0 Å². The van der Waals surface area contributed by atoms with Crippen LogP contribution in [0.15, 0.2) is 22.7 Å². The smallest absolute Gasteiger partial charge is 0.259 e. The maximum absolute atomic E-state index is 12.0. The van der Waals surface area contributed by atoms with Crippen molar-refractivity contribution in [2.45, 2.75) is 18.9 Å². The monoisotopic (exact) mass is 283 g/mol. The summed E-state index contributed by atoms with van der Waals surface area (Å²) in [4.78, 5) is 13.5. The summed E-state index contributed by atoms with van der Waals surface area (Å²) in [5, 5.41) is 10.5. The van der Waals surface area contributed by atoms with Gasteiger partial charge >= 0.3 is 0 Å². The Morgan fingerprint density at radius 3 is 2.75 bits per heavy atom. The molecule has 1 aromatic carbocycles. The van der Waals surface area contributed by atoms with Crippen LogP contribution in [0.5, 0.6) is 0 Å². The van der Waals surface area contributed by atoms with Crippen LogP contribution >= 0.6 is 15.9 Å². The molecule has 86 valence electrons. The Bertz CT molecular complexity index is 447. The Morgan fingerprint density at radius 2 is 2.19 bits per heavy atom. The highest BCUT2D eigenvalue weighted by molar-refractivity contribution is 9.10. The van der Waals surface area contributed by atoms with E-state index in [0.29, 0.717) is 18.5 Å². The van der Waals surface area contributed by atoms with Crippen LogP contribution in [-0.2, 0) is 10.4 Å². The highest BCUT2D eigenvalue weighted by Gasteiger charge is 2.45. The number of hydrogen-bond acceptors (Lipinski definition) is 2. The fraction of sp³-hybridized carbons (Fsp3) is 0.417. The summed E-state index contributed by atoms with van der Waals surface area (Å²) in [5.74, 6) is -0.214. The SMILES string of the molecule is Cc1ccc(Br)cc1[C@@]1(O)CCN(C)C1=O. The van der Waals surface area contributed by atoms with Crippen molar-refractivity contribution in [1.82, 2.24) is 4.90 Å². The van der Waals surface area contributed by atoms with E-state index in [1.165, 1.54) is 0 Å². The van der Waals surface area contributed by atoms with Gasteiger partial charge in [0.05, 0.1) is 0 Å². The lowest BCUT2D eigenvalue weighted by molar-refractivity contribution is -0.143. The molecule has 0 radical (unpaired) electrons. The van der Waals surface area contributed by atoms with Crippen molar-refractivity contribution in [2.75, 3.05) is 13.6 Å². The van der Waals surface area contributed by atoms with Gasteiger partial charge in [0.15, 0.2) is 5.60 Å². The molecule has 1 aromatic rings. The van der Waals surface area contributed by atoms with Crippen molar-refractivity contribution >= 4 is 21.8 Å². The Hall–Kier alpha value is -0.870. The van der Waals surface area contributed by atoms with Crippen molar-refractivity contribution in [3.63, 3.8) is 0 Å². The van der Waals surface area contributed by atoms with Crippen LogP contribution in [0.2, 0.25) is 0 Å². The maximum Gasteiger partial charge on any atom is 0.259 e. The van der Waals surface area contributed by atoms with Crippen molar-refractivity contribution in [3.8, 4) is 0 Å². The molecule has 1 heterocycles. The molecule has 1 atom stereocenters. The molecular weight excluding hydrogens is 270 g/mol. The zero-order chi connectivity index (χ0) is 11.9. The van der Waals surface area contributed by atoms with Gasteiger partial charge in [-0.05, 0) is 30.2 Å². The molecule has 16 heavy (non-hydrogen) atoms. The maximum atomic E-state index is 12.0. The van der Waals surface area contributed by atoms with Crippen LogP contribution in [0.3, 0.4) is 0 Å². The molecule has 0 aromatic heterocycles. The number of aryl methyl sites for hydroxylation is 1. The normalized spacial score (nSPS) is 25.2. The first kappa shape index (κ1) is 11.6. The zero-order valence-corrected chi connectivity index (χ0v) is 10.9. The highest BCUT2D eigenvalue weighted by atomic mass is 79.9. The molecular formula is C12H14BrNO2. The van der Waals surface area contributed by atoms with Crippen molar-refractivity contribution < 1.29 is 9.90 Å². The van der Waals surface area contributed by atoms with Gasteiger partial charge in [0.2, 0.25) is 0 Å². The zero-order valence-electron chi connectivity index (χ0n) is 9.33. The second kappa shape index (κ2) is 3.86. The van der Waals surface area contributed by atoms with E-state index in [-0.39, 0.29) is 5.91 Å². The van der Waals surface area contributed by atoms with E-state index < -0.39 is 5.60 Å². The standard InChI is InChI=1S/C12H14BrNO2/c1-8-3-4-9(13)7-10(8)12(16)5-6-14(2)11(12)15/h3-4,7,16H,5-6H2,1-2H3/t12-/m0/s1. The first-order valence-corrected chi connectivity index (χ1v) is 5.99. The number of rotatable bonds is 1. The van der Waals surface area contributed by atoms with Crippen LogP contribution in [0.25, 0.3) is 0 Å². The van der Waals surface area contributed by atoms with E-state index in [0.717, 1.165) is 10.0 Å². The summed E-state index contributed by atoms with van der Waals surface area (Å²) in [6.07, 6.45) is 0.458. The number of carbonyl (C=O) groups excluding carboxylic acids is 1. The lowest BCUT2D eigenvalue weighted by Gasteiger charge is -2.23. The Labute approximate surface area is 103 Å². The topological polar surface area (TPSA) is 40.5 Å². The number of benzene rings is 1. The van der Waals surface area contributed by atoms with E-state index in [1.54, 1.807) is 11.9 Å². The van der Waals surface area contributed by atoms with Gasteiger partial charge in [-0.3, -0.25) is 4.79 Å². The van der Waals surface area contributed by atoms with Crippen molar-refractivity contribution in [2.24, 2.45) is 0 Å². The highest BCUT2D eigenvalue weighted by Crippen LogP contribution is 2.35. The van der Waals surface area contributed by atoms with Gasteiger partial charge in [0.25, 0.3) is 5.91 Å². The molecule has 0 bridgehead atoms. The van der Waals surface area contributed by atoms with Gasteiger partial charge in [-0.1, -0.05) is 22.0 Å². The lowest BCUT2D eigenvalue weighted by Crippen LogP contribution is -2.36. The first-order valence-electron chi connectivity index (χ1n) is 5.20. The Morgan fingerprint density at radius 1 is 1.50 bits per heavy atom. The molecule has 0 aliphatic carbocycles. The molecule has 0 saturated carbocycles. The van der Waals surface area contributed by atoms with Crippen LogP contribution < -0.4 is 0 Å². The predicted octanol–water partition coefficient (Wildman–Crippen LogP) is 1.81. The number of amides is 1. The number of nitrogens with zero attached hydrogens (tertiary/aromatic N) is 1. The summed E-state index contributed by atoms with van der Waals surface area (Å²) in [7, 11) is 1.72. The largest absolute Gasteiger partial charge is 0.375 e. The third-order valence-corrected chi connectivity index (χ3v) is 3.65. The number of hydrogen-bond donors (Lipinski definition) is 1. The molecule has 0 spiro atoms. The van der Waals surface area contributed by atoms with E-state index in [4.69, 9.17) is 0 Å². The summed E-state index contributed by atoms with van der Waals surface area (Å²) in [6.45, 7) is 2.51. The summed E-state index contributed by atoms with van der Waals surface area (Å²) in [5.41, 5.74) is 0.299. The Balaban J connectivity index is 2.51. The van der Waals surface area contributed by atoms with Crippen LogP contribution in [0, 0.1) is 6.92 Å². The summed E-state index contributed by atoms with van der Waals surface area (Å²) < 4.78 is 0.879. The Kier molecular flexibility index (Phi) is 2.80. The number of likely N-dealkylation sites (N-methyl/N-ethyl adjacent to an activating group) is 1. The van der Waals surface area contributed by atoms with Gasteiger partial charge in [-0.2, -0.15) is 0 Å². The predicted molar refractivity (Wildman–Crippen MR) is 65.0 cm³/mol. The minimum absolute atomic E-state index is 0.214. The van der Waals surface area contributed by atoms with E-state index in [9.17, 15) is 9.90 Å². The molecule has 1 N–H and O–H groups in total. The van der Waals surface area contributed by atoms with Gasteiger partial charge in [-0.25, -0.2) is 0 Å². The molecule has 1 amide bonds. The first-order chi connectivity index (χ1) is 7.45. The minimum Gasteiger partial charge on any atom is -0.375 e. The second-order valence-electron chi connectivity index (χ2n) is 4.30. The molecule has 1 saturated heterocycles. The lowest BCUT2D eigenvalue weighted by atomic mass is 9.89. The third-order valence-electron chi connectivity index (χ3n) is 3.15. The number of likely N-dealkylation sites (tertiary alicyclic amines) is 1. The van der Waals surface area contributed by atoms with Gasteiger partial charge in [-0.15, -0.1) is 0 Å². The van der Waals surface area contributed by atoms with E-state index in [1.807, 2.05) is 25.1 Å². The average molecular weight is 284 g/mol. The minimum atomic E-state index is -1.34. The van der Waals surface area contributed by atoms with E-state index >= 15 is 0 Å². The number of halogens is 1. The summed E-state index contributed by atoms with van der Waals surface area (Å²) >= 11 is 3.37. The third kappa shape index (κ3) is 1.66. The molecule has 3 nitrogen and oxygen atoms in total. The molecule has 1 aliphatic heterocycles. The van der Waals surface area contributed by atoms with Gasteiger partial charge in [0, 0.05) is 24.5 Å². The van der Waals surface area contributed by atoms with Crippen molar-refractivity contribution in [1.29, 1.82) is 0 Å².